The maximum atomic E-state index is 12.2. The Morgan fingerprint density at radius 2 is 1.76 bits per heavy atom. The average molecular weight is 297 g/mol. The topological polar surface area (TPSA) is 72.5 Å². The fourth-order valence-electron chi connectivity index (χ4n) is 1.81. The van der Waals surface area contributed by atoms with E-state index in [2.05, 4.69) is 4.74 Å². The molecule has 0 radical (unpaired) electrons. The van der Waals surface area contributed by atoms with Crippen LogP contribution in [-0.2, 0) is 0 Å². The highest BCUT2D eigenvalue weighted by molar-refractivity contribution is 5.94. The summed E-state index contributed by atoms with van der Waals surface area (Å²) in [6, 6.07) is 9.48. The van der Waals surface area contributed by atoms with Gasteiger partial charge in [0.05, 0.1) is 5.56 Å². The van der Waals surface area contributed by atoms with Gasteiger partial charge in [-0.1, -0.05) is 18.2 Å². The van der Waals surface area contributed by atoms with Gasteiger partial charge in [-0.2, -0.15) is 0 Å². The Balaban J connectivity index is 2.36. The zero-order chi connectivity index (χ0) is 15.6. The second-order valence-corrected chi connectivity index (χ2v) is 4.18. The lowest BCUT2D eigenvalue weighted by molar-refractivity contribution is -0.274. The van der Waals surface area contributed by atoms with Crippen molar-refractivity contribution < 1.29 is 27.8 Å². The lowest BCUT2D eigenvalue weighted by atomic mass is 10.0. The van der Waals surface area contributed by atoms with Gasteiger partial charge < -0.3 is 15.6 Å². The molecule has 0 aliphatic heterocycles. The van der Waals surface area contributed by atoms with Crippen LogP contribution in [0.1, 0.15) is 10.4 Å². The molecule has 2 aromatic carbocycles. The molecule has 0 bridgehead atoms. The standard InChI is InChI=1S/C14H10F3NO3/c15-14(16,17)21-10-3-1-2-8(6-10)9-4-5-11(13(19)20)12(18)7-9/h1-7H,18H2,(H,19,20). The first-order valence-electron chi connectivity index (χ1n) is 5.75. The molecular weight excluding hydrogens is 287 g/mol. The number of ether oxygens (including phenoxy) is 1. The molecule has 0 saturated heterocycles. The minimum Gasteiger partial charge on any atom is -0.478 e. The Morgan fingerprint density at radius 1 is 1.10 bits per heavy atom. The van der Waals surface area contributed by atoms with E-state index in [9.17, 15) is 18.0 Å². The molecule has 0 fully saturated rings. The van der Waals surface area contributed by atoms with E-state index in [4.69, 9.17) is 10.8 Å². The molecule has 7 heteroatoms. The summed E-state index contributed by atoms with van der Waals surface area (Å²) in [5.74, 6) is -1.53. The van der Waals surface area contributed by atoms with Gasteiger partial charge in [-0.05, 0) is 35.4 Å². The van der Waals surface area contributed by atoms with Crippen LogP contribution in [0.3, 0.4) is 0 Å². The third-order valence-electron chi connectivity index (χ3n) is 2.68. The first-order chi connectivity index (χ1) is 9.76. The maximum Gasteiger partial charge on any atom is 0.573 e. The predicted molar refractivity (Wildman–Crippen MR) is 69.9 cm³/mol. The minimum absolute atomic E-state index is 0.0298. The fourth-order valence-corrected chi connectivity index (χ4v) is 1.81. The van der Waals surface area contributed by atoms with Crippen molar-refractivity contribution in [2.24, 2.45) is 0 Å². The summed E-state index contributed by atoms with van der Waals surface area (Å²) in [7, 11) is 0. The van der Waals surface area contributed by atoms with Crippen molar-refractivity contribution in [3.05, 3.63) is 48.0 Å². The number of halogens is 3. The monoisotopic (exact) mass is 297 g/mol. The van der Waals surface area contributed by atoms with E-state index >= 15 is 0 Å². The van der Waals surface area contributed by atoms with Gasteiger partial charge >= 0.3 is 12.3 Å². The smallest absolute Gasteiger partial charge is 0.478 e. The van der Waals surface area contributed by atoms with Crippen LogP contribution < -0.4 is 10.5 Å². The lowest BCUT2D eigenvalue weighted by Gasteiger charge is -2.11. The number of nitrogen functional groups attached to an aromatic ring is 1. The SMILES string of the molecule is Nc1cc(-c2cccc(OC(F)(F)F)c2)ccc1C(=O)O. The number of hydrogen-bond donors (Lipinski definition) is 2. The van der Waals surface area contributed by atoms with Crippen molar-refractivity contribution in [1.82, 2.24) is 0 Å². The molecule has 0 aromatic heterocycles. The van der Waals surface area contributed by atoms with Crippen LogP contribution in [0.5, 0.6) is 5.75 Å². The van der Waals surface area contributed by atoms with Gasteiger partial charge in [-0.15, -0.1) is 13.2 Å². The van der Waals surface area contributed by atoms with Crippen molar-refractivity contribution in [1.29, 1.82) is 0 Å². The number of nitrogens with two attached hydrogens (primary N) is 1. The highest BCUT2D eigenvalue weighted by Gasteiger charge is 2.31. The number of rotatable bonds is 3. The maximum absolute atomic E-state index is 12.2. The molecule has 0 amide bonds. The minimum atomic E-state index is -4.77. The van der Waals surface area contributed by atoms with Crippen LogP contribution in [-0.4, -0.2) is 17.4 Å². The van der Waals surface area contributed by atoms with Gasteiger partial charge in [0, 0.05) is 5.69 Å². The van der Waals surface area contributed by atoms with E-state index in [1.165, 1.54) is 36.4 Å². The number of carboxylic acid groups (broad SMARTS) is 1. The number of hydrogen-bond acceptors (Lipinski definition) is 3. The van der Waals surface area contributed by atoms with E-state index in [-0.39, 0.29) is 17.0 Å². The number of carboxylic acids is 1. The van der Waals surface area contributed by atoms with Crippen molar-refractivity contribution in [2.45, 2.75) is 6.36 Å². The largest absolute Gasteiger partial charge is 0.573 e. The van der Waals surface area contributed by atoms with Gasteiger partial charge in [0.25, 0.3) is 0 Å². The molecule has 3 N–H and O–H groups in total. The molecule has 0 spiro atoms. The third-order valence-corrected chi connectivity index (χ3v) is 2.68. The van der Waals surface area contributed by atoms with E-state index in [1.54, 1.807) is 6.07 Å². The summed E-state index contributed by atoms with van der Waals surface area (Å²) >= 11 is 0. The molecule has 0 heterocycles. The lowest BCUT2D eigenvalue weighted by Crippen LogP contribution is -2.17. The molecule has 2 aromatic rings. The molecule has 0 saturated carbocycles. The molecule has 0 aliphatic rings. The van der Waals surface area contributed by atoms with Crippen molar-refractivity contribution in [2.75, 3.05) is 5.73 Å². The number of anilines is 1. The number of alkyl halides is 3. The molecule has 2 rings (SSSR count). The average Bonchev–Trinajstić information content (AvgIpc) is 2.36. The zero-order valence-electron chi connectivity index (χ0n) is 10.5. The molecule has 21 heavy (non-hydrogen) atoms. The van der Waals surface area contributed by atoms with Crippen LogP contribution in [0.2, 0.25) is 0 Å². The van der Waals surface area contributed by atoms with E-state index in [0.29, 0.717) is 11.1 Å². The van der Waals surface area contributed by atoms with Crippen LogP contribution >= 0.6 is 0 Å². The molecule has 4 nitrogen and oxygen atoms in total. The van der Waals surface area contributed by atoms with Crippen molar-refractivity contribution in [3.8, 4) is 16.9 Å². The van der Waals surface area contributed by atoms with Gasteiger partial charge in [0.2, 0.25) is 0 Å². The summed E-state index contributed by atoms with van der Waals surface area (Å²) in [6.45, 7) is 0. The second kappa shape index (κ2) is 5.35. The molecule has 0 atom stereocenters. The number of aromatic carboxylic acids is 1. The van der Waals surface area contributed by atoms with E-state index < -0.39 is 12.3 Å². The van der Waals surface area contributed by atoms with E-state index in [1.807, 2.05) is 0 Å². The Kier molecular flexibility index (Phi) is 3.75. The Bertz CT molecular complexity index is 683. The van der Waals surface area contributed by atoms with Gasteiger partial charge in [0.15, 0.2) is 0 Å². The second-order valence-electron chi connectivity index (χ2n) is 4.18. The number of benzene rings is 2. The quantitative estimate of drug-likeness (QED) is 0.850. The highest BCUT2D eigenvalue weighted by atomic mass is 19.4. The van der Waals surface area contributed by atoms with Crippen LogP contribution in [0.25, 0.3) is 11.1 Å². The molecule has 110 valence electrons. The summed E-state index contributed by atoms with van der Waals surface area (Å²) in [6.07, 6.45) is -4.77. The summed E-state index contributed by atoms with van der Waals surface area (Å²) in [5, 5.41) is 8.87. The third kappa shape index (κ3) is 3.65. The fraction of sp³-hybridized carbons (Fsp3) is 0.0714. The normalized spacial score (nSPS) is 11.2. The van der Waals surface area contributed by atoms with E-state index in [0.717, 1.165) is 0 Å². The summed E-state index contributed by atoms with van der Waals surface area (Å²) in [5.41, 5.74) is 6.49. The Labute approximate surface area is 117 Å². The van der Waals surface area contributed by atoms with Crippen LogP contribution in [0.15, 0.2) is 42.5 Å². The van der Waals surface area contributed by atoms with Gasteiger partial charge in [0.1, 0.15) is 5.75 Å². The van der Waals surface area contributed by atoms with Crippen molar-refractivity contribution in [3.63, 3.8) is 0 Å². The van der Waals surface area contributed by atoms with Crippen LogP contribution in [0, 0.1) is 0 Å². The summed E-state index contributed by atoms with van der Waals surface area (Å²) in [4.78, 5) is 10.9. The molecular formula is C14H10F3NO3. The first kappa shape index (κ1) is 14.7. The Hall–Kier alpha value is -2.70. The predicted octanol–water partition coefficient (Wildman–Crippen LogP) is 3.53. The van der Waals surface area contributed by atoms with Crippen molar-refractivity contribution >= 4 is 11.7 Å². The molecule has 0 unspecified atom stereocenters. The van der Waals surface area contributed by atoms with Gasteiger partial charge in [-0.25, -0.2) is 4.79 Å². The number of carbonyl (C=O) groups is 1. The Morgan fingerprint density at radius 3 is 2.33 bits per heavy atom. The first-order valence-corrected chi connectivity index (χ1v) is 5.75. The van der Waals surface area contributed by atoms with Crippen LogP contribution in [0.4, 0.5) is 18.9 Å². The van der Waals surface area contributed by atoms with Gasteiger partial charge in [-0.3, -0.25) is 0 Å². The molecule has 0 aliphatic carbocycles. The summed E-state index contributed by atoms with van der Waals surface area (Å²) < 4.78 is 40.4. The highest BCUT2D eigenvalue weighted by Crippen LogP contribution is 2.29. The zero-order valence-corrected chi connectivity index (χ0v) is 10.5.